The number of hydrogen-bond acceptors (Lipinski definition) is 5. The molecule has 0 amide bonds. The first-order valence-electron chi connectivity index (χ1n) is 4.67. The van der Waals surface area contributed by atoms with E-state index in [2.05, 4.69) is 4.52 Å². The van der Waals surface area contributed by atoms with Crippen LogP contribution in [0.15, 0.2) is 24.3 Å². The molecule has 0 aliphatic carbocycles. The van der Waals surface area contributed by atoms with E-state index < -0.39 is 14.2 Å². The number of benzene rings is 1. The number of hydrogen-bond donors (Lipinski definition) is 0. The topological polar surface area (TPSA) is 75.7 Å². The molecule has 0 aliphatic heterocycles. The summed E-state index contributed by atoms with van der Waals surface area (Å²) in [6.07, 6.45) is 0. The number of rotatable bonds is 5. The van der Waals surface area contributed by atoms with Crippen LogP contribution in [0, 0.1) is 0 Å². The molecule has 0 bridgehead atoms. The van der Waals surface area contributed by atoms with E-state index in [4.69, 9.17) is 4.74 Å². The monoisotopic (exact) mass is 242 g/mol. The number of esters is 1. The minimum atomic E-state index is -2.84. The van der Waals surface area contributed by atoms with E-state index in [0.29, 0.717) is 17.7 Å². The molecule has 1 atom stereocenters. The van der Waals surface area contributed by atoms with Gasteiger partial charge in [0.2, 0.25) is 0 Å². The van der Waals surface area contributed by atoms with E-state index in [1.807, 2.05) is 0 Å². The molecule has 86 valence electrons. The van der Waals surface area contributed by atoms with Crippen LogP contribution in [0.5, 0.6) is 0 Å². The van der Waals surface area contributed by atoms with Crippen LogP contribution in [0.1, 0.15) is 22.8 Å². The summed E-state index contributed by atoms with van der Waals surface area (Å²) in [5.41, 5.74) is 1.10. The molecule has 0 saturated heterocycles. The molecule has 0 fully saturated rings. The maximum Gasteiger partial charge on any atom is 0.488 e. The van der Waals surface area contributed by atoms with E-state index in [0.717, 1.165) is 0 Å². The summed E-state index contributed by atoms with van der Waals surface area (Å²) in [6, 6.07) is 6.36. The van der Waals surface area contributed by atoms with Crippen molar-refractivity contribution in [2.45, 2.75) is 13.5 Å². The second-order valence-corrected chi connectivity index (χ2v) is 3.62. The minimum absolute atomic E-state index is 0.0260. The third kappa shape index (κ3) is 4.06. The summed E-state index contributed by atoms with van der Waals surface area (Å²) in [6.45, 7) is 2.02. The van der Waals surface area contributed by atoms with Crippen molar-refractivity contribution in [1.29, 1.82) is 0 Å². The zero-order valence-electron chi connectivity index (χ0n) is 8.71. The zero-order valence-corrected chi connectivity index (χ0v) is 9.61. The molecule has 0 spiro atoms. The van der Waals surface area contributed by atoms with Crippen molar-refractivity contribution < 1.29 is 23.5 Å². The fraction of sp³-hybridized carbons (Fsp3) is 0.300. The van der Waals surface area contributed by atoms with Gasteiger partial charge in [-0.3, -0.25) is 0 Å². The van der Waals surface area contributed by atoms with Gasteiger partial charge in [0.1, 0.15) is 6.61 Å². The zero-order chi connectivity index (χ0) is 12.0. The van der Waals surface area contributed by atoms with E-state index in [1.54, 1.807) is 31.2 Å². The Morgan fingerprint density at radius 1 is 1.38 bits per heavy atom. The Balaban J connectivity index is 2.60. The Labute approximate surface area is 94.0 Å². The van der Waals surface area contributed by atoms with E-state index in [9.17, 15) is 14.3 Å². The predicted molar refractivity (Wildman–Crippen MR) is 54.8 cm³/mol. The van der Waals surface area contributed by atoms with Gasteiger partial charge in [0, 0.05) is 0 Å². The number of carbonyl (C=O) groups is 1. The van der Waals surface area contributed by atoms with Crippen molar-refractivity contribution in [3.05, 3.63) is 35.4 Å². The molecule has 1 rings (SSSR count). The van der Waals surface area contributed by atoms with Crippen molar-refractivity contribution in [2.75, 3.05) is 6.61 Å². The van der Waals surface area contributed by atoms with Gasteiger partial charge >= 0.3 is 14.2 Å². The highest BCUT2D eigenvalue weighted by molar-refractivity contribution is 7.30. The van der Waals surface area contributed by atoms with Crippen LogP contribution in [-0.4, -0.2) is 12.6 Å². The van der Waals surface area contributed by atoms with E-state index >= 15 is 0 Å². The molecule has 0 saturated carbocycles. The highest BCUT2D eigenvalue weighted by atomic mass is 31.1. The third-order valence-electron chi connectivity index (χ3n) is 1.80. The van der Waals surface area contributed by atoms with Gasteiger partial charge in [0.05, 0.1) is 12.2 Å². The third-order valence-corrected chi connectivity index (χ3v) is 2.14. The van der Waals surface area contributed by atoms with Crippen LogP contribution < -0.4 is 4.89 Å². The van der Waals surface area contributed by atoms with Crippen molar-refractivity contribution in [3.63, 3.8) is 0 Å². The normalized spacial score (nSPS) is 11.0. The summed E-state index contributed by atoms with van der Waals surface area (Å²) in [7, 11) is -2.84. The van der Waals surface area contributed by atoms with Gasteiger partial charge in [-0.15, -0.1) is 4.52 Å². The summed E-state index contributed by atoms with van der Waals surface area (Å²) in [4.78, 5) is 21.4. The Morgan fingerprint density at radius 2 is 2.00 bits per heavy atom. The summed E-state index contributed by atoms with van der Waals surface area (Å²) in [5.74, 6) is -0.398. The largest absolute Gasteiger partial charge is 0.566 e. The second-order valence-electron chi connectivity index (χ2n) is 2.91. The summed E-state index contributed by atoms with van der Waals surface area (Å²) >= 11 is 0. The SMILES string of the molecule is CCOC(=O)c1ccc(CO[P+](=O)[O-])cc1. The highest BCUT2D eigenvalue weighted by Crippen LogP contribution is 2.14. The maximum absolute atomic E-state index is 11.3. The Bertz CT molecular complexity index is 373. The minimum Gasteiger partial charge on any atom is -0.566 e. The standard InChI is InChI=1S/C10H11O5P/c1-2-14-10(11)9-5-3-8(4-6-9)7-15-16(12)13/h3-6H,2,7H2,1H3. The Hall–Kier alpha value is -1.29. The molecular weight excluding hydrogens is 231 g/mol. The fourth-order valence-corrected chi connectivity index (χ4v) is 1.33. The Kier molecular flexibility index (Phi) is 5.05. The lowest BCUT2D eigenvalue weighted by Gasteiger charge is -2.02. The fourth-order valence-electron chi connectivity index (χ4n) is 1.08. The van der Waals surface area contributed by atoms with Crippen molar-refractivity contribution in [1.82, 2.24) is 0 Å². The molecule has 16 heavy (non-hydrogen) atoms. The van der Waals surface area contributed by atoms with Crippen molar-refractivity contribution in [3.8, 4) is 0 Å². The molecule has 0 N–H and O–H groups in total. The van der Waals surface area contributed by atoms with Gasteiger partial charge in [-0.2, -0.15) is 0 Å². The second kappa shape index (κ2) is 6.33. The lowest BCUT2D eigenvalue weighted by atomic mass is 10.1. The predicted octanol–water partition coefficient (Wildman–Crippen LogP) is 1.40. The lowest BCUT2D eigenvalue weighted by molar-refractivity contribution is -0.186. The quantitative estimate of drug-likeness (QED) is 0.576. The van der Waals surface area contributed by atoms with Crippen LogP contribution >= 0.6 is 8.25 Å². The first-order chi connectivity index (χ1) is 7.63. The molecule has 0 heterocycles. The van der Waals surface area contributed by atoms with Gasteiger partial charge in [-0.05, 0) is 29.2 Å². The molecule has 0 aliphatic rings. The summed E-state index contributed by atoms with van der Waals surface area (Å²) in [5, 5.41) is 0. The maximum atomic E-state index is 11.3. The molecule has 5 nitrogen and oxygen atoms in total. The van der Waals surface area contributed by atoms with Crippen LogP contribution in [0.2, 0.25) is 0 Å². The number of ether oxygens (including phenoxy) is 1. The molecule has 1 unspecified atom stereocenters. The van der Waals surface area contributed by atoms with Crippen LogP contribution in [0.4, 0.5) is 0 Å². The van der Waals surface area contributed by atoms with Gasteiger partial charge in [0.15, 0.2) is 0 Å². The molecule has 0 radical (unpaired) electrons. The smallest absolute Gasteiger partial charge is 0.488 e. The molecule has 1 aromatic rings. The summed E-state index contributed by atoms with van der Waals surface area (Å²) < 4.78 is 19.4. The lowest BCUT2D eigenvalue weighted by Crippen LogP contribution is -2.04. The highest BCUT2D eigenvalue weighted by Gasteiger charge is 2.07. The van der Waals surface area contributed by atoms with Crippen LogP contribution in [0.25, 0.3) is 0 Å². The van der Waals surface area contributed by atoms with Crippen LogP contribution in [-0.2, 0) is 20.4 Å². The number of carbonyl (C=O) groups excluding carboxylic acids is 1. The van der Waals surface area contributed by atoms with Crippen LogP contribution in [0.3, 0.4) is 0 Å². The first-order valence-corrected chi connectivity index (χ1v) is 5.76. The molecule has 1 aromatic carbocycles. The van der Waals surface area contributed by atoms with Crippen molar-refractivity contribution in [2.24, 2.45) is 0 Å². The van der Waals surface area contributed by atoms with Gasteiger partial charge in [-0.25, -0.2) is 4.79 Å². The van der Waals surface area contributed by atoms with Gasteiger partial charge in [-0.1, -0.05) is 12.1 Å². The van der Waals surface area contributed by atoms with Gasteiger partial charge in [0.25, 0.3) is 0 Å². The van der Waals surface area contributed by atoms with E-state index in [1.165, 1.54) is 0 Å². The van der Waals surface area contributed by atoms with E-state index in [-0.39, 0.29) is 6.61 Å². The average Bonchev–Trinajstić information content (AvgIpc) is 2.27. The molecular formula is C10H11O5P. The van der Waals surface area contributed by atoms with Crippen molar-refractivity contribution >= 4 is 14.2 Å². The average molecular weight is 242 g/mol. The van der Waals surface area contributed by atoms with Gasteiger partial charge < -0.3 is 9.63 Å². The Morgan fingerprint density at radius 3 is 2.50 bits per heavy atom. The molecule has 0 aromatic heterocycles. The first kappa shape index (κ1) is 12.8. The molecule has 6 heteroatoms.